The van der Waals surface area contributed by atoms with Crippen LogP contribution in [0.4, 0.5) is 9.80 Å². The molecule has 5 rings (SSSR count). The van der Waals surface area contributed by atoms with Crippen molar-refractivity contribution < 1.29 is 22.1 Å². The average molecular weight is 519 g/mol. The smallest absolute Gasteiger partial charge is 0.410 e. The van der Waals surface area contributed by atoms with Crippen molar-refractivity contribution in [1.29, 1.82) is 0 Å². The van der Waals surface area contributed by atoms with Crippen LogP contribution in [-0.2, 0) is 14.9 Å². The highest BCUT2D eigenvalue weighted by Gasteiger charge is 2.47. The number of carbonyl (C=O) groups excluding carboxylic acids is 1. The fraction of sp³-hybridized carbons (Fsp3) is 0.435. The number of hydrogen-bond donors (Lipinski definition) is 0. The summed E-state index contributed by atoms with van der Waals surface area (Å²) in [7, 11) is -4.12. The molecule has 186 valence electrons. The Hall–Kier alpha value is -3.12. The standard InChI is InChI=1S/C23H26N4O6S2/c1-14-5-7-17(8-6-14)35(30,31)33-18-10-19(28)27-13-20(34-21(27)24-18)25-11-16-9-15(25)12-26(16)22(29)32-23(2,3)4/h5-8,10,13,15-16H,9,11-12H2,1-4H3/t15-,16-/m0/s1. The van der Waals surface area contributed by atoms with E-state index in [0.29, 0.717) is 18.1 Å². The zero-order chi connectivity index (χ0) is 25.1. The van der Waals surface area contributed by atoms with E-state index in [4.69, 9.17) is 8.92 Å². The largest absolute Gasteiger partial charge is 0.444 e. The molecule has 0 radical (unpaired) electrons. The third kappa shape index (κ3) is 4.59. The van der Waals surface area contributed by atoms with Gasteiger partial charge in [0, 0.05) is 25.3 Å². The van der Waals surface area contributed by atoms with Gasteiger partial charge in [-0.05, 0) is 46.2 Å². The van der Waals surface area contributed by atoms with Gasteiger partial charge >= 0.3 is 16.2 Å². The number of carbonyl (C=O) groups is 1. The minimum atomic E-state index is -4.12. The minimum Gasteiger partial charge on any atom is -0.444 e. The van der Waals surface area contributed by atoms with Crippen molar-refractivity contribution in [2.75, 3.05) is 18.0 Å². The van der Waals surface area contributed by atoms with Crippen molar-refractivity contribution in [1.82, 2.24) is 14.3 Å². The topological polar surface area (TPSA) is 111 Å². The van der Waals surface area contributed by atoms with Gasteiger partial charge in [0.15, 0.2) is 0 Å². The highest BCUT2D eigenvalue weighted by molar-refractivity contribution is 7.87. The van der Waals surface area contributed by atoms with E-state index in [-0.39, 0.29) is 29.0 Å². The van der Waals surface area contributed by atoms with Crippen molar-refractivity contribution in [3.63, 3.8) is 0 Å². The van der Waals surface area contributed by atoms with Gasteiger partial charge in [-0.15, -0.1) is 0 Å². The number of hydrogen-bond acceptors (Lipinski definition) is 9. The van der Waals surface area contributed by atoms with Gasteiger partial charge in [-0.2, -0.15) is 13.4 Å². The molecule has 0 unspecified atom stereocenters. The van der Waals surface area contributed by atoms with E-state index >= 15 is 0 Å². The molecule has 4 heterocycles. The number of ether oxygens (including phenoxy) is 1. The number of aryl methyl sites for hydroxylation is 1. The van der Waals surface area contributed by atoms with E-state index in [1.807, 2.05) is 27.7 Å². The van der Waals surface area contributed by atoms with Crippen molar-refractivity contribution in [3.8, 4) is 5.88 Å². The summed E-state index contributed by atoms with van der Waals surface area (Å²) in [5.41, 5.74) is -0.0760. The summed E-state index contributed by atoms with van der Waals surface area (Å²) in [6.07, 6.45) is 2.21. The van der Waals surface area contributed by atoms with Crippen LogP contribution in [0.2, 0.25) is 0 Å². The van der Waals surface area contributed by atoms with Crippen molar-refractivity contribution in [2.45, 2.75) is 56.7 Å². The highest BCUT2D eigenvalue weighted by Crippen LogP contribution is 2.38. The minimum absolute atomic E-state index is 0.0143. The number of anilines is 1. The van der Waals surface area contributed by atoms with Crippen LogP contribution >= 0.6 is 11.3 Å². The van der Waals surface area contributed by atoms with Crippen LogP contribution in [0.5, 0.6) is 5.88 Å². The molecule has 0 aliphatic carbocycles. The van der Waals surface area contributed by atoms with Crippen molar-refractivity contribution >= 4 is 37.5 Å². The fourth-order valence-corrected chi connectivity index (χ4v) is 6.33. The maximum atomic E-state index is 12.7. The van der Waals surface area contributed by atoms with E-state index in [1.54, 1.807) is 23.2 Å². The lowest BCUT2D eigenvalue weighted by molar-refractivity contribution is 0.0215. The molecule has 2 bridgehead atoms. The molecule has 1 amide bonds. The molecule has 1 aromatic carbocycles. The molecule has 2 atom stereocenters. The van der Waals surface area contributed by atoms with E-state index in [0.717, 1.165) is 23.1 Å². The van der Waals surface area contributed by atoms with Gasteiger partial charge in [-0.3, -0.25) is 9.20 Å². The molecule has 35 heavy (non-hydrogen) atoms. The third-order valence-corrected chi connectivity index (χ3v) is 8.25. The second-order valence-corrected chi connectivity index (χ2v) is 12.4. The zero-order valence-corrected chi connectivity index (χ0v) is 21.4. The van der Waals surface area contributed by atoms with E-state index in [1.165, 1.54) is 27.9 Å². The lowest BCUT2D eigenvalue weighted by atomic mass is 10.2. The van der Waals surface area contributed by atoms with Crippen LogP contribution in [0, 0.1) is 6.92 Å². The second kappa shape index (κ2) is 8.23. The SMILES string of the molecule is Cc1ccc(S(=O)(=O)Oc2cc(=O)n3cc(N4C[C@@H]5C[C@H]4CN5C(=O)OC(C)(C)C)sc3n2)cc1. The maximum absolute atomic E-state index is 12.7. The number of benzene rings is 1. The first-order valence-corrected chi connectivity index (χ1v) is 13.4. The van der Waals surface area contributed by atoms with E-state index in [2.05, 4.69) is 9.88 Å². The summed E-state index contributed by atoms with van der Waals surface area (Å²) in [4.78, 5) is 33.7. The fourth-order valence-electron chi connectivity index (χ4n) is 4.39. The first-order chi connectivity index (χ1) is 16.4. The molecule has 0 N–H and O–H groups in total. The molecule has 10 nitrogen and oxygen atoms in total. The molecule has 2 aliphatic rings. The van der Waals surface area contributed by atoms with Gasteiger partial charge in [0.1, 0.15) is 15.5 Å². The Labute approximate surface area is 206 Å². The van der Waals surface area contributed by atoms with Gasteiger partial charge in [-0.25, -0.2) is 4.79 Å². The Balaban J connectivity index is 1.35. The van der Waals surface area contributed by atoms with Crippen LogP contribution in [0.15, 0.2) is 46.2 Å². The number of rotatable bonds is 4. The second-order valence-electron chi connectivity index (χ2n) is 9.83. The normalized spacial score (nSPS) is 20.0. The summed E-state index contributed by atoms with van der Waals surface area (Å²) in [5.74, 6) is -0.275. The molecule has 2 aliphatic heterocycles. The molecular weight excluding hydrogens is 492 g/mol. The molecule has 3 aromatic rings. The summed E-state index contributed by atoms with van der Waals surface area (Å²) in [6, 6.07) is 7.43. The predicted octanol–water partition coefficient (Wildman–Crippen LogP) is 3.03. The Morgan fingerprint density at radius 2 is 1.86 bits per heavy atom. The number of amides is 1. The molecular formula is C23H26N4O6S2. The Morgan fingerprint density at radius 1 is 1.14 bits per heavy atom. The number of nitrogens with zero attached hydrogens (tertiary/aromatic N) is 4. The maximum Gasteiger partial charge on any atom is 0.410 e. The summed E-state index contributed by atoms with van der Waals surface area (Å²) in [5, 5.41) is 0.824. The van der Waals surface area contributed by atoms with Crippen LogP contribution in [0.3, 0.4) is 0 Å². The monoisotopic (exact) mass is 518 g/mol. The van der Waals surface area contributed by atoms with Crippen molar-refractivity contribution in [2.24, 2.45) is 0 Å². The molecule has 0 spiro atoms. The lowest BCUT2D eigenvalue weighted by Crippen LogP contribution is -2.50. The van der Waals surface area contributed by atoms with Gasteiger partial charge < -0.3 is 18.7 Å². The summed E-state index contributed by atoms with van der Waals surface area (Å²) < 4.78 is 37.3. The Bertz CT molecular complexity index is 1460. The van der Waals surface area contributed by atoms with Gasteiger partial charge in [0.2, 0.25) is 10.8 Å². The lowest BCUT2D eigenvalue weighted by Gasteiger charge is -2.35. The van der Waals surface area contributed by atoms with Crippen LogP contribution in [-0.4, -0.2) is 59.6 Å². The zero-order valence-electron chi connectivity index (χ0n) is 19.8. The first-order valence-electron chi connectivity index (χ1n) is 11.2. The average Bonchev–Trinajstić information content (AvgIpc) is 3.46. The molecule has 2 aromatic heterocycles. The quantitative estimate of drug-likeness (QED) is 0.485. The molecule has 2 saturated heterocycles. The van der Waals surface area contributed by atoms with E-state index < -0.39 is 21.3 Å². The molecule has 0 saturated carbocycles. The van der Waals surface area contributed by atoms with Gasteiger partial charge in [0.25, 0.3) is 5.56 Å². The number of aromatic nitrogens is 2. The van der Waals surface area contributed by atoms with Gasteiger partial charge in [-0.1, -0.05) is 29.0 Å². The molecule has 2 fully saturated rings. The molecule has 12 heteroatoms. The number of piperazine rings is 1. The number of fused-ring (bicyclic) bond motifs is 3. The predicted molar refractivity (Wildman–Crippen MR) is 131 cm³/mol. The Kier molecular flexibility index (Phi) is 5.55. The van der Waals surface area contributed by atoms with Crippen LogP contribution in [0.25, 0.3) is 4.96 Å². The summed E-state index contributed by atoms with van der Waals surface area (Å²) >= 11 is 1.27. The van der Waals surface area contributed by atoms with Crippen LogP contribution in [0.1, 0.15) is 32.8 Å². The number of likely N-dealkylation sites (tertiary alicyclic amines) is 1. The van der Waals surface area contributed by atoms with Gasteiger partial charge in [0.05, 0.1) is 12.1 Å². The van der Waals surface area contributed by atoms with Crippen molar-refractivity contribution in [3.05, 3.63) is 52.4 Å². The van der Waals surface area contributed by atoms with E-state index in [9.17, 15) is 18.0 Å². The highest BCUT2D eigenvalue weighted by atomic mass is 32.2. The Morgan fingerprint density at radius 3 is 2.49 bits per heavy atom. The third-order valence-electron chi connectivity index (χ3n) is 5.99. The number of thiazole rings is 1. The van der Waals surface area contributed by atoms with Crippen LogP contribution < -0.4 is 14.6 Å². The summed E-state index contributed by atoms with van der Waals surface area (Å²) in [6.45, 7) is 8.55. The first kappa shape index (κ1) is 23.6.